The largest absolute Gasteiger partial charge is 0.342 e. The Kier molecular flexibility index (Phi) is 4.75. The lowest BCUT2D eigenvalue weighted by atomic mass is 10.1. The second kappa shape index (κ2) is 5.61. The zero-order valence-corrected chi connectivity index (χ0v) is 9.85. The van der Waals surface area contributed by atoms with Crippen molar-refractivity contribution in [3.05, 3.63) is 0 Å². The first-order valence-corrected chi connectivity index (χ1v) is 6.53. The van der Waals surface area contributed by atoms with E-state index in [0.29, 0.717) is 24.8 Å². The molecule has 1 fully saturated rings. The van der Waals surface area contributed by atoms with Gasteiger partial charge in [-0.2, -0.15) is 11.8 Å². The highest BCUT2D eigenvalue weighted by Crippen LogP contribution is 2.18. The monoisotopic (exact) mass is 216 g/mol. The van der Waals surface area contributed by atoms with Crippen molar-refractivity contribution in [3.63, 3.8) is 0 Å². The molecule has 0 aromatic rings. The highest BCUT2D eigenvalue weighted by molar-refractivity contribution is 7.98. The van der Waals surface area contributed by atoms with E-state index < -0.39 is 0 Å². The minimum atomic E-state index is 0.286. The lowest BCUT2D eigenvalue weighted by molar-refractivity contribution is -0.128. The number of thioether (sulfide) groups is 1. The minimum absolute atomic E-state index is 0.286. The summed E-state index contributed by atoms with van der Waals surface area (Å²) in [6, 6.07) is 0. The van der Waals surface area contributed by atoms with Crippen LogP contribution in [0.2, 0.25) is 0 Å². The molecule has 2 atom stereocenters. The zero-order chi connectivity index (χ0) is 10.6. The van der Waals surface area contributed by atoms with Crippen LogP contribution in [-0.2, 0) is 4.79 Å². The van der Waals surface area contributed by atoms with E-state index in [1.54, 1.807) is 0 Å². The predicted molar refractivity (Wildman–Crippen MR) is 61.3 cm³/mol. The van der Waals surface area contributed by atoms with Crippen LogP contribution in [0, 0.1) is 11.8 Å². The fraction of sp³-hybridized carbons (Fsp3) is 0.900. The van der Waals surface area contributed by atoms with E-state index in [1.165, 1.54) is 0 Å². The SMILES string of the molecule is CSCC(C)CN1CC(CN)CC1=O. The number of amides is 1. The molecular formula is C10H20N2OS. The first-order valence-electron chi connectivity index (χ1n) is 5.14. The van der Waals surface area contributed by atoms with Crippen molar-refractivity contribution in [1.82, 2.24) is 4.90 Å². The first-order chi connectivity index (χ1) is 6.67. The molecule has 0 aromatic carbocycles. The summed E-state index contributed by atoms with van der Waals surface area (Å²) in [4.78, 5) is 13.5. The second-order valence-corrected chi connectivity index (χ2v) is 5.08. The molecule has 2 N–H and O–H groups in total. The van der Waals surface area contributed by atoms with Gasteiger partial charge in [0.05, 0.1) is 0 Å². The molecule has 1 aliphatic heterocycles. The predicted octanol–water partition coefficient (Wildman–Crippen LogP) is 0.793. The lowest BCUT2D eigenvalue weighted by Gasteiger charge is -2.20. The molecule has 1 rings (SSSR count). The van der Waals surface area contributed by atoms with E-state index in [2.05, 4.69) is 13.2 Å². The van der Waals surface area contributed by atoms with Crippen LogP contribution in [0.3, 0.4) is 0 Å². The molecule has 0 saturated carbocycles. The number of rotatable bonds is 5. The van der Waals surface area contributed by atoms with Gasteiger partial charge in [-0.1, -0.05) is 6.92 Å². The van der Waals surface area contributed by atoms with Gasteiger partial charge in [0, 0.05) is 19.5 Å². The van der Waals surface area contributed by atoms with Gasteiger partial charge in [0.25, 0.3) is 0 Å². The number of likely N-dealkylation sites (tertiary alicyclic amines) is 1. The fourth-order valence-corrected chi connectivity index (χ4v) is 2.58. The number of carbonyl (C=O) groups excluding carboxylic acids is 1. The van der Waals surface area contributed by atoms with E-state index in [1.807, 2.05) is 16.7 Å². The molecule has 82 valence electrons. The van der Waals surface area contributed by atoms with E-state index in [9.17, 15) is 4.79 Å². The molecule has 3 nitrogen and oxygen atoms in total. The fourth-order valence-electron chi connectivity index (χ4n) is 1.90. The highest BCUT2D eigenvalue weighted by atomic mass is 32.2. The summed E-state index contributed by atoms with van der Waals surface area (Å²) in [6.07, 6.45) is 2.76. The normalized spacial score (nSPS) is 24.4. The standard InChI is InChI=1S/C10H20N2OS/c1-8(7-14-2)5-12-6-9(4-11)3-10(12)13/h8-9H,3-7,11H2,1-2H3. The third-order valence-corrected chi connectivity index (χ3v) is 3.51. The number of hydrogen-bond acceptors (Lipinski definition) is 3. The molecule has 1 saturated heterocycles. The van der Waals surface area contributed by atoms with Crippen LogP contribution in [0.1, 0.15) is 13.3 Å². The highest BCUT2D eigenvalue weighted by Gasteiger charge is 2.28. The maximum absolute atomic E-state index is 11.5. The smallest absolute Gasteiger partial charge is 0.222 e. The van der Waals surface area contributed by atoms with E-state index in [-0.39, 0.29) is 5.91 Å². The third-order valence-electron chi connectivity index (χ3n) is 2.61. The van der Waals surface area contributed by atoms with E-state index >= 15 is 0 Å². The van der Waals surface area contributed by atoms with Crippen LogP contribution in [0.5, 0.6) is 0 Å². The maximum Gasteiger partial charge on any atom is 0.222 e. The van der Waals surface area contributed by atoms with Crippen molar-refractivity contribution in [3.8, 4) is 0 Å². The Morgan fingerprint density at radius 3 is 2.93 bits per heavy atom. The summed E-state index contributed by atoms with van der Waals surface area (Å²) in [5, 5.41) is 0. The van der Waals surface area contributed by atoms with Gasteiger partial charge in [-0.15, -0.1) is 0 Å². The number of hydrogen-bond donors (Lipinski definition) is 1. The Hall–Kier alpha value is -0.220. The molecular weight excluding hydrogens is 196 g/mol. The molecule has 1 amide bonds. The molecule has 2 unspecified atom stereocenters. The van der Waals surface area contributed by atoms with Gasteiger partial charge >= 0.3 is 0 Å². The summed E-state index contributed by atoms with van der Waals surface area (Å²) < 4.78 is 0. The third kappa shape index (κ3) is 3.17. The lowest BCUT2D eigenvalue weighted by Crippen LogP contribution is -2.31. The summed E-state index contributed by atoms with van der Waals surface area (Å²) in [6.45, 7) is 4.60. The van der Waals surface area contributed by atoms with Gasteiger partial charge in [0.1, 0.15) is 0 Å². The van der Waals surface area contributed by atoms with Crippen LogP contribution in [-0.4, -0.2) is 42.4 Å². The Balaban J connectivity index is 2.34. The molecule has 14 heavy (non-hydrogen) atoms. The number of nitrogens with two attached hydrogens (primary N) is 1. The average molecular weight is 216 g/mol. The average Bonchev–Trinajstić information content (AvgIpc) is 2.48. The van der Waals surface area contributed by atoms with Crippen molar-refractivity contribution in [2.24, 2.45) is 17.6 Å². The summed E-state index contributed by atoms with van der Waals surface area (Å²) >= 11 is 1.84. The maximum atomic E-state index is 11.5. The number of carbonyl (C=O) groups is 1. The van der Waals surface area contributed by atoms with Crippen LogP contribution in [0.4, 0.5) is 0 Å². The Bertz CT molecular complexity index is 199. The van der Waals surface area contributed by atoms with Gasteiger partial charge in [-0.25, -0.2) is 0 Å². The van der Waals surface area contributed by atoms with Gasteiger partial charge in [-0.05, 0) is 30.4 Å². The van der Waals surface area contributed by atoms with Crippen LogP contribution in [0.25, 0.3) is 0 Å². The van der Waals surface area contributed by atoms with Crippen LogP contribution < -0.4 is 5.73 Å². The molecule has 0 radical (unpaired) electrons. The van der Waals surface area contributed by atoms with Crippen molar-refractivity contribution in [2.75, 3.05) is 31.6 Å². The van der Waals surface area contributed by atoms with E-state index in [4.69, 9.17) is 5.73 Å². The topological polar surface area (TPSA) is 46.3 Å². The molecule has 4 heteroatoms. The van der Waals surface area contributed by atoms with Gasteiger partial charge in [-0.3, -0.25) is 4.79 Å². The van der Waals surface area contributed by atoms with Crippen molar-refractivity contribution in [2.45, 2.75) is 13.3 Å². The van der Waals surface area contributed by atoms with Crippen molar-refractivity contribution < 1.29 is 4.79 Å². The van der Waals surface area contributed by atoms with Crippen molar-refractivity contribution in [1.29, 1.82) is 0 Å². The Morgan fingerprint density at radius 1 is 1.71 bits per heavy atom. The van der Waals surface area contributed by atoms with Gasteiger partial charge in [0.2, 0.25) is 5.91 Å². The molecule has 0 aliphatic carbocycles. The Morgan fingerprint density at radius 2 is 2.43 bits per heavy atom. The number of nitrogens with zero attached hydrogens (tertiary/aromatic N) is 1. The van der Waals surface area contributed by atoms with Crippen LogP contribution in [0.15, 0.2) is 0 Å². The molecule has 1 aliphatic rings. The summed E-state index contributed by atoms with van der Waals surface area (Å²) in [7, 11) is 0. The molecule has 1 heterocycles. The van der Waals surface area contributed by atoms with E-state index in [0.717, 1.165) is 18.8 Å². The van der Waals surface area contributed by atoms with Gasteiger partial charge < -0.3 is 10.6 Å². The quantitative estimate of drug-likeness (QED) is 0.739. The molecule has 0 bridgehead atoms. The minimum Gasteiger partial charge on any atom is -0.342 e. The Labute approximate surface area is 90.4 Å². The zero-order valence-electron chi connectivity index (χ0n) is 9.03. The summed E-state index contributed by atoms with van der Waals surface area (Å²) in [5.74, 6) is 2.39. The molecule has 0 aromatic heterocycles. The molecule has 0 spiro atoms. The van der Waals surface area contributed by atoms with Gasteiger partial charge in [0.15, 0.2) is 0 Å². The van der Waals surface area contributed by atoms with Crippen LogP contribution >= 0.6 is 11.8 Å². The first kappa shape index (κ1) is 11.9. The summed E-state index contributed by atoms with van der Waals surface area (Å²) in [5.41, 5.74) is 5.56. The second-order valence-electron chi connectivity index (χ2n) is 4.17. The van der Waals surface area contributed by atoms with Crippen molar-refractivity contribution >= 4 is 17.7 Å².